The first-order valence-corrected chi connectivity index (χ1v) is 10.1. The van der Waals surface area contributed by atoms with Crippen LogP contribution in [0.15, 0.2) is 28.8 Å². The van der Waals surface area contributed by atoms with Gasteiger partial charge in [-0.2, -0.15) is 4.98 Å². The largest absolute Gasteiger partial charge is 0.372 e. The molecule has 28 heavy (non-hydrogen) atoms. The molecule has 1 amide bonds. The Hall–Kier alpha value is -2.28. The number of carbonyl (C=O) groups is 1. The number of ether oxygens (including phenoxy) is 1. The summed E-state index contributed by atoms with van der Waals surface area (Å²) >= 11 is 0. The van der Waals surface area contributed by atoms with Gasteiger partial charge in [-0.05, 0) is 56.4 Å². The van der Waals surface area contributed by atoms with Crippen molar-refractivity contribution in [1.29, 1.82) is 0 Å². The zero-order valence-corrected chi connectivity index (χ0v) is 16.2. The van der Waals surface area contributed by atoms with E-state index in [0.717, 1.165) is 25.8 Å². The van der Waals surface area contributed by atoms with Crippen molar-refractivity contribution in [1.82, 2.24) is 15.0 Å². The van der Waals surface area contributed by atoms with Gasteiger partial charge in [0.2, 0.25) is 5.91 Å². The fourth-order valence-electron chi connectivity index (χ4n) is 4.09. The Balaban J connectivity index is 1.59. The van der Waals surface area contributed by atoms with E-state index in [1.165, 1.54) is 25.0 Å². The van der Waals surface area contributed by atoms with Gasteiger partial charge in [-0.3, -0.25) is 4.79 Å². The van der Waals surface area contributed by atoms with Crippen molar-refractivity contribution >= 4 is 5.91 Å². The predicted octanol–water partition coefficient (Wildman–Crippen LogP) is 3.57. The van der Waals surface area contributed by atoms with Crippen molar-refractivity contribution in [3.63, 3.8) is 0 Å². The molecule has 4 rings (SSSR count). The molecule has 0 spiro atoms. The Morgan fingerprint density at radius 2 is 2.14 bits per heavy atom. The van der Waals surface area contributed by atoms with Crippen molar-refractivity contribution in [2.24, 2.45) is 5.92 Å². The number of benzene rings is 1. The summed E-state index contributed by atoms with van der Waals surface area (Å²) in [7, 11) is 0. The second kappa shape index (κ2) is 7.99. The van der Waals surface area contributed by atoms with Crippen LogP contribution in [0.25, 0.3) is 11.5 Å². The summed E-state index contributed by atoms with van der Waals surface area (Å²) in [6.07, 6.45) is 5.25. The molecule has 1 saturated carbocycles. The number of aromatic nitrogens is 2. The van der Waals surface area contributed by atoms with Gasteiger partial charge in [-0.15, -0.1) is 0 Å². The third kappa shape index (κ3) is 4.09. The summed E-state index contributed by atoms with van der Waals surface area (Å²) in [5.74, 6) is 1.43. The highest BCUT2D eigenvalue weighted by Crippen LogP contribution is 2.45. The minimum absolute atomic E-state index is 0.0176. The second-order valence-corrected chi connectivity index (χ2v) is 7.91. The molecule has 6 nitrogen and oxygen atoms in total. The minimum atomic E-state index is -0.301. The lowest BCUT2D eigenvalue weighted by molar-refractivity contribution is -0.138. The third-order valence-electron chi connectivity index (χ3n) is 5.73. The van der Waals surface area contributed by atoms with E-state index in [1.54, 1.807) is 12.1 Å². The number of piperidine rings is 1. The van der Waals surface area contributed by atoms with E-state index in [4.69, 9.17) is 9.26 Å². The maximum absolute atomic E-state index is 13.2. The van der Waals surface area contributed by atoms with Crippen LogP contribution in [0.4, 0.5) is 4.39 Å². The highest BCUT2D eigenvalue weighted by Gasteiger charge is 2.45. The molecule has 2 heterocycles. The molecular formula is C21H26FN3O3. The molecule has 1 aromatic carbocycles. The molecule has 1 atom stereocenters. The summed E-state index contributed by atoms with van der Waals surface area (Å²) < 4.78 is 24.0. The SMILES string of the molecule is CCOCC(=O)N1CCCC(CC2CC2)(c2noc(-c3ccc(F)cc3)n2)C1. The molecule has 150 valence electrons. The van der Waals surface area contributed by atoms with Gasteiger partial charge >= 0.3 is 0 Å². The molecule has 1 aromatic heterocycles. The van der Waals surface area contributed by atoms with E-state index in [-0.39, 0.29) is 23.7 Å². The molecule has 2 fully saturated rings. The maximum atomic E-state index is 13.2. The molecule has 2 aromatic rings. The molecule has 0 bridgehead atoms. The quantitative estimate of drug-likeness (QED) is 0.726. The molecule has 1 saturated heterocycles. The van der Waals surface area contributed by atoms with Crippen LogP contribution in [0.1, 0.15) is 44.9 Å². The number of amides is 1. The monoisotopic (exact) mass is 387 g/mol. The fourth-order valence-corrected chi connectivity index (χ4v) is 4.09. The standard InChI is InChI=1S/C21H26FN3O3/c1-2-27-13-18(26)25-11-3-10-21(14-25,12-15-4-5-15)20-23-19(28-24-20)16-6-8-17(22)9-7-16/h6-9,15H,2-5,10-14H2,1H3. The second-order valence-electron chi connectivity index (χ2n) is 7.91. The van der Waals surface area contributed by atoms with Gasteiger partial charge in [0.15, 0.2) is 5.82 Å². The van der Waals surface area contributed by atoms with Gasteiger partial charge in [-0.1, -0.05) is 18.0 Å². The zero-order chi connectivity index (χ0) is 19.6. The summed E-state index contributed by atoms with van der Waals surface area (Å²) in [6, 6.07) is 6.04. The summed E-state index contributed by atoms with van der Waals surface area (Å²) in [4.78, 5) is 19.1. The van der Waals surface area contributed by atoms with Gasteiger partial charge in [0.05, 0.1) is 5.41 Å². The zero-order valence-electron chi connectivity index (χ0n) is 16.2. The fraction of sp³-hybridized carbons (Fsp3) is 0.571. The Morgan fingerprint density at radius 1 is 1.36 bits per heavy atom. The molecule has 1 aliphatic carbocycles. The Labute approximate surface area is 164 Å². The van der Waals surface area contributed by atoms with Crippen molar-refractivity contribution in [2.75, 3.05) is 26.3 Å². The third-order valence-corrected chi connectivity index (χ3v) is 5.73. The lowest BCUT2D eigenvalue weighted by atomic mass is 9.75. The molecular weight excluding hydrogens is 361 g/mol. The summed E-state index contributed by atoms with van der Waals surface area (Å²) in [5.41, 5.74) is 0.408. The van der Waals surface area contributed by atoms with Crippen LogP contribution >= 0.6 is 0 Å². The van der Waals surface area contributed by atoms with Gasteiger partial charge in [0, 0.05) is 25.3 Å². The van der Waals surface area contributed by atoms with Crippen molar-refractivity contribution in [2.45, 2.75) is 44.4 Å². The van der Waals surface area contributed by atoms with Gasteiger partial charge in [0.1, 0.15) is 12.4 Å². The van der Waals surface area contributed by atoms with Crippen LogP contribution in [-0.4, -0.2) is 47.3 Å². The lowest BCUT2D eigenvalue weighted by Crippen LogP contribution is -2.50. The van der Waals surface area contributed by atoms with E-state index in [0.29, 0.717) is 36.3 Å². The number of rotatable bonds is 7. The van der Waals surface area contributed by atoms with Crippen molar-refractivity contribution in [3.8, 4) is 11.5 Å². The Kier molecular flexibility index (Phi) is 5.44. The highest BCUT2D eigenvalue weighted by molar-refractivity contribution is 5.77. The normalized spacial score (nSPS) is 22.4. The van der Waals surface area contributed by atoms with Crippen LogP contribution in [0.3, 0.4) is 0 Å². The van der Waals surface area contributed by atoms with Crippen LogP contribution < -0.4 is 0 Å². The van der Waals surface area contributed by atoms with Crippen LogP contribution in [0.5, 0.6) is 0 Å². The molecule has 2 aliphatic rings. The van der Waals surface area contributed by atoms with Gasteiger partial charge in [0.25, 0.3) is 5.89 Å². The van der Waals surface area contributed by atoms with E-state index < -0.39 is 0 Å². The van der Waals surface area contributed by atoms with Gasteiger partial charge in [-0.25, -0.2) is 4.39 Å². The highest BCUT2D eigenvalue weighted by atomic mass is 19.1. The van der Waals surface area contributed by atoms with E-state index in [2.05, 4.69) is 10.1 Å². The molecule has 0 radical (unpaired) electrons. The van der Waals surface area contributed by atoms with Crippen molar-refractivity contribution < 1.29 is 18.4 Å². The number of hydrogen-bond acceptors (Lipinski definition) is 5. The number of carbonyl (C=O) groups excluding carboxylic acids is 1. The first kappa shape index (κ1) is 19.1. The Bertz CT molecular complexity index is 819. The smallest absolute Gasteiger partial charge is 0.257 e. The average molecular weight is 387 g/mol. The van der Waals surface area contributed by atoms with Crippen molar-refractivity contribution in [3.05, 3.63) is 35.9 Å². The predicted molar refractivity (Wildman–Crippen MR) is 101 cm³/mol. The van der Waals surface area contributed by atoms with E-state index >= 15 is 0 Å². The minimum Gasteiger partial charge on any atom is -0.372 e. The average Bonchev–Trinajstić information content (AvgIpc) is 3.37. The Morgan fingerprint density at radius 3 is 2.86 bits per heavy atom. The molecule has 1 unspecified atom stereocenters. The lowest BCUT2D eigenvalue weighted by Gasteiger charge is -2.41. The van der Waals surface area contributed by atoms with Crippen LogP contribution in [0.2, 0.25) is 0 Å². The maximum Gasteiger partial charge on any atom is 0.257 e. The van der Waals surface area contributed by atoms with E-state index in [9.17, 15) is 9.18 Å². The van der Waals surface area contributed by atoms with Crippen LogP contribution in [-0.2, 0) is 14.9 Å². The van der Waals surface area contributed by atoms with Gasteiger partial charge < -0.3 is 14.2 Å². The number of hydrogen-bond donors (Lipinski definition) is 0. The first-order chi connectivity index (χ1) is 13.6. The molecule has 1 aliphatic heterocycles. The summed E-state index contributed by atoms with van der Waals surface area (Å²) in [6.45, 7) is 3.86. The van der Waals surface area contributed by atoms with Crippen LogP contribution in [0, 0.1) is 11.7 Å². The number of nitrogens with zero attached hydrogens (tertiary/aromatic N) is 3. The number of halogens is 1. The first-order valence-electron chi connectivity index (χ1n) is 10.1. The topological polar surface area (TPSA) is 68.5 Å². The number of likely N-dealkylation sites (tertiary alicyclic amines) is 1. The molecule has 0 N–H and O–H groups in total. The summed E-state index contributed by atoms with van der Waals surface area (Å²) in [5, 5.41) is 4.30. The molecule has 7 heteroatoms. The van der Waals surface area contributed by atoms with E-state index in [1.807, 2.05) is 11.8 Å².